The number of rotatable bonds is 6. The topological polar surface area (TPSA) is 65.1 Å². The summed E-state index contributed by atoms with van der Waals surface area (Å²) < 4.78 is 16.9. The van der Waals surface area contributed by atoms with Gasteiger partial charge in [0.2, 0.25) is 0 Å². The predicted molar refractivity (Wildman–Crippen MR) is 140 cm³/mol. The maximum Gasteiger partial charge on any atom is 0.312 e. The van der Waals surface area contributed by atoms with Gasteiger partial charge in [0.05, 0.1) is 25.7 Å². The summed E-state index contributed by atoms with van der Waals surface area (Å²) >= 11 is 6.93. The first-order valence-corrected chi connectivity index (χ1v) is 13.7. The number of hydrogen-bond donors (Lipinski definition) is 0. The summed E-state index contributed by atoms with van der Waals surface area (Å²) in [6.45, 7) is 0.273. The molecule has 0 radical (unpaired) electrons. The number of carbonyl (C=O) groups excluding carboxylic acids is 2. The quantitative estimate of drug-likeness (QED) is 0.380. The second kappa shape index (κ2) is 9.23. The Bertz CT molecular complexity index is 1200. The van der Waals surface area contributed by atoms with Gasteiger partial charge < -0.3 is 19.1 Å². The van der Waals surface area contributed by atoms with Crippen molar-refractivity contribution in [2.75, 3.05) is 27.4 Å². The second-order valence-electron chi connectivity index (χ2n) is 11.5. The molecule has 0 saturated heterocycles. The van der Waals surface area contributed by atoms with Crippen molar-refractivity contribution in [3.8, 4) is 11.5 Å². The van der Waals surface area contributed by atoms with Crippen LogP contribution in [0.4, 0.5) is 0 Å². The van der Waals surface area contributed by atoms with Crippen LogP contribution in [0.3, 0.4) is 0 Å². The SMILES string of the molecule is COc1cc2c(cc1OC)[C@@H](c1ccccc1)N(C(=O)COC(=O)C13C[C@@H]4C[C@@H](CC(Cl)(C4)C1)C3)CC2. The molecular formula is C30H34ClNO5. The molecule has 2 aromatic carbocycles. The molecule has 7 rings (SSSR count). The minimum Gasteiger partial charge on any atom is -0.493 e. The normalized spacial score (nSPS) is 31.5. The number of methoxy groups -OCH3 is 2. The van der Waals surface area contributed by atoms with Gasteiger partial charge in [0.15, 0.2) is 18.1 Å². The smallest absolute Gasteiger partial charge is 0.312 e. The molecule has 5 atom stereocenters. The minimum absolute atomic E-state index is 0.187. The molecule has 4 aliphatic carbocycles. The molecule has 0 spiro atoms. The van der Waals surface area contributed by atoms with Gasteiger partial charge in [-0.25, -0.2) is 0 Å². The van der Waals surface area contributed by atoms with Crippen LogP contribution in [0, 0.1) is 17.3 Å². The first-order chi connectivity index (χ1) is 17.8. The zero-order valence-electron chi connectivity index (χ0n) is 21.5. The van der Waals surface area contributed by atoms with Gasteiger partial charge in [-0.1, -0.05) is 30.3 Å². The highest BCUT2D eigenvalue weighted by Gasteiger charge is 2.61. The first kappa shape index (κ1) is 24.6. The summed E-state index contributed by atoms with van der Waals surface area (Å²) in [5, 5.41) is 0. The fourth-order valence-electron chi connectivity index (χ4n) is 7.96. The van der Waals surface area contributed by atoms with E-state index >= 15 is 0 Å². The van der Waals surface area contributed by atoms with E-state index in [-0.39, 0.29) is 29.4 Å². The predicted octanol–water partition coefficient (Wildman–Crippen LogP) is 5.30. The molecule has 37 heavy (non-hydrogen) atoms. The summed E-state index contributed by atoms with van der Waals surface area (Å²) in [6, 6.07) is 13.6. The van der Waals surface area contributed by atoms with Crippen LogP contribution >= 0.6 is 11.6 Å². The summed E-state index contributed by atoms with van der Waals surface area (Å²) in [5.74, 6) is 1.87. The van der Waals surface area contributed by atoms with Crippen molar-refractivity contribution in [1.29, 1.82) is 0 Å². The van der Waals surface area contributed by atoms with Gasteiger partial charge in [0.25, 0.3) is 5.91 Å². The molecule has 196 valence electrons. The largest absolute Gasteiger partial charge is 0.493 e. The lowest BCUT2D eigenvalue weighted by Crippen LogP contribution is -2.56. The van der Waals surface area contributed by atoms with Crippen LogP contribution in [-0.2, 0) is 20.7 Å². The fraction of sp³-hybridized carbons (Fsp3) is 0.533. The van der Waals surface area contributed by atoms with E-state index < -0.39 is 5.41 Å². The average molecular weight is 524 g/mol. The molecule has 0 N–H and O–H groups in total. The molecule has 5 aliphatic rings. The Morgan fingerprint density at radius 2 is 1.68 bits per heavy atom. The lowest BCUT2D eigenvalue weighted by atomic mass is 9.49. The van der Waals surface area contributed by atoms with Crippen LogP contribution in [0.5, 0.6) is 11.5 Å². The number of halogens is 1. The molecule has 4 saturated carbocycles. The molecule has 1 heterocycles. The number of alkyl halides is 1. The van der Waals surface area contributed by atoms with Crippen molar-refractivity contribution in [1.82, 2.24) is 4.90 Å². The third kappa shape index (κ3) is 4.27. The summed E-state index contributed by atoms with van der Waals surface area (Å²) in [6.07, 6.45) is 6.21. The van der Waals surface area contributed by atoms with Gasteiger partial charge in [0, 0.05) is 11.4 Å². The Morgan fingerprint density at radius 3 is 2.32 bits per heavy atom. The van der Waals surface area contributed by atoms with Crippen LogP contribution < -0.4 is 9.47 Å². The standard InChI is InChI=1S/C30H34ClNO5/c1-35-24-11-22-8-9-32(27(21-6-4-3-5-7-21)23(22)12-25(24)36-2)26(33)17-37-28(34)29-13-19-10-20(14-29)16-30(31,15-19)18-29/h3-7,11-12,19-20,27H,8-10,13-18H2,1-2H3/t19-,20+,27-,29?,30?/m1/s1. The Balaban J connectivity index is 1.24. The van der Waals surface area contributed by atoms with Crippen molar-refractivity contribution >= 4 is 23.5 Å². The third-order valence-corrected chi connectivity index (χ3v) is 9.50. The van der Waals surface area contributed by atoms with E-state index in [0.29, 0.717) is 42.7 Å². The van der Waals surface area contributed by atoms with E-state index in [1.165, 1.54) is 6.42 Å². The molecule has 1 aliphatic heterocycles. The van der Waals surface area contributed by atoms with Gasteiger partial charge in [-0.05, 0) is 85.6 Å². The number of esters is 1. The van der Waals surface area contributed by atoms with Crippen LogP contribution in [0.25, 0.3) is 0 Å². The molecule has 2 aromatic rings. The average Bonchev–Trinajstić information content (AvgIpc) is 2.89. The maximum atomic E-state index is 13.6. The minimum atomic E-state index is -0.524. The monoisotopic (exact) mass is 523 g/mol. The molecule has 2 unspecified atom stereocenters. The van der Waals surface area contributed by atoms with Gasteiger partial charge in [-0.15, -0.1) is 11.6 Å². The molecule has 6 nitrogen and oxygen atoms in total. The first-order valence-electron chi connectivity index (χ1n) is 13.3. The molecular weight excluding hydrogens is 490 g/mol. The molecule has 4 fully saturated rings. The number of carbonyl (C=O) groups is 2. The van der Waals surface area contributed by atoms with Gasteiger partial charge in [0.1, 0.15) is 0 Å². The van der Waals surface area contributed by atoms with Crippen LogP contribution in [0.2, 0.25) is 0 Å². The Hall–Kier alpha value is -2.73. The number of fused-ring (bicyclic) bond motifs is 1. The van der Waals surface area contributed by atoms with Crippen molar-refractivity contribution in [2.24, 2.45) is 17.3 Å². The number of ether oxygens (including phenoxy) is 3. The van der Waals surface area contributed by atoms with Crippen LogP contribution in [0.1, 0.15) is 61.3 Å². The van der Waals surface area contributed by atoms with E-state index in [1.54, 1.807) is 14.2 Å². The highest BCUT2D eigenvalue weighted by molar-refractivity contribution is 6.24. The highest BCUT2D eigenvalue weighted by atomic mass is 35.5. The summed E-state index contributed by atoms with van der Waals surface area (Å²) in [5.41, 5.74) is 2.59. The second-order valence-corrected chi connectivity index (χ2v) is 12.3. The van der Waals surface area contributed by atoms with Crippen LogP contribution in [-0.4, -0.2) is 49.0 Å². The van der Waals surface area contributed by atoms with Crippen molar-refractivity contribution in [2.45, 2.75) is 55.9 Å². The van der Waals surface area contributed by atoms with E-state index in [9.17, 15) is 9.59 Å². The van der Waals surface area contributed by atoms with E-state index in [4.69, 9.17) is 25.8 Å². The van der Waals surface area contributed by atoms with Crippen LogP contribution in [0.15, 0.2) is 42.5 Å². The lowest BCUT2D eigenvalue weighted by molar-refractivity contribution is -0.173. The Labute approximate surface area is 223 Å². The lowest BCUT2D eigenvalue weighted by Gasteiger charge is -2.58. The zero-order chi connectivity index (χ0) is 25.8. The van der Waals surface area contributed by atoms with E-state index in [0.717, 1.165) is 42.4 Å². The molecule has 0 aromatic heterocycles. The number of hydrogen-bond acceptors (Lipinski definition) is 5. The zero-order valence-corrected chi connectivity index (χ0v) is 22.3. The van der Waals surface area contributed by atoms with Gasteiger partial charge >= 0.3 is 5.97 Å². The van der Waals surface area contributed by atoms with E-state index in [1.807, 2.05) is 47.4 Å². The Kier molecular flexibility index (Phi) is 6.14. The molecule has 7 heteroatoms. The van der Waals surface area contributed by atoms with Crippen molar-refractivity contribution < 1.29 is 23.8 Å². The number of amides is 1. The van der Waals surface area contributed by atoms with Crippen molar-refractivity contribution in [3.63, 3.8) is 0 Å². The summed E-state index contributed by atoms with van der Waals surface area (Å²) in [7, 11) is 3.24. The van der Waals surface area contributed by atoms with Gasteiger partial charge in [-0.3, -0.25) is 9.59 Å². The third-order valence-electron chi connectivity index (χ3n) is 9.06. The fourth-order valence-corrected chi connectivity index (χ4v) is 8.65. The van der Waals surface area contributed by atoms with E-state index in [2.05, 4.69) is 0 Å². The maximum absolute atomic E-state index is 13.6. The van der Waals surface area contributed by atoms with Gasteiger partial charge in [-0.2, -0.15) is 0 Å². The molecule has 1 amide bonds. The van der Waals surface area contributed by atoms with Crippen molar-refractivity contribution in [3.05, 3.63) is 59.2 Å². The molecule has 4 bridgehead atoms. The number of benzene rings is 2. The number of nitrogens with zero attached hydrogens (tertiary/aromatic N) is 1. The summed E-state index contributed by atoms with van der Waals surface area (Å²) in [4.78, 5) is 28.6. The highest BCUT2D eigenvalue weighted by Crippen LogP contribution is 2.64. The Morgan fingerprint density at radius 1 is 1.00 bits per heavy atom.